The molecule has 0 amide bonds. The Kier molecular flexibility index (Phi) is 3.86. The van der Waals surface area contributed by atoms with E-state index in [1.807, 2.05) is 12.1 Å². The molecule has 4 rings (SSSR count). The standard InChI is InChI=1S/C20H22N2O3/c1-14-8-20(9-14)12-22(13-20)19-15(4-3-7-21-19)11-25-18-6-2-5-17(24)16(18)10-23/h2-7,10,14,24H,8-9,11-13H2,1H3. The first-order valence-electron chi connectivity index (χ1n) is 8.69. The van der Waals surface area contributed by atoms with Crippen LogP contribution in [0.1, 0.15) is 35.7 Å². The number of benzene rings is 1. The smallest absolute Gasteiger partial charge is 0.157 e. The number of rotatable bonds is 5. The van der Waals surface area contributed by atoms with Crippen molar-refractivity contribution in [2.45, 2.75) is 26.4 Å². The number of pyridine rings is 1. The number of nitrogens with zero attached hydrogens (tertiary/aromatic N) is 2. The van der Waals surface area contributed by atoms with Crippen molar-refractivity contribution in [1.82, 2.24) is 4.98 Å². The van der Waals surface area contributed by atoms with Gasteiger partial charge in [-0.1, -0.05) is 19.1 Å². The summed E-state index contributed by atoms with van der Waals surface area (Å²) in [7, 11) is 0. The largest absolute Gasteiger partial charge is 0.507 e. The van der Waals surface area contributed by atoms with Crippen LogP contribution in [0.15, 0.2) is 36.5 Å². The van der Waals surface area contributed by atoms with Crippen LogP contribution in [0.2, 0.25) is 0 Å². The number of phenols is 1. The number of phenolic OH excluding ortho intramolecular Hbond substituents is 1. The predicted molar refractivity (Wildman–Crippen MR) is 95.1 cm³/mol. The highest BCUT2D eigenvalue weighted by Gasteiger charge is 2.51. The van der Waals surface area contributed by atoms with Crippen molar-refractivity contribution < 1.29 is 14.6 Å². The fraction of sp³-hybridized carbons (Fsp3) is 0.400. The van der Waals surface area contributed by atoms with Crippen molar-refractivity contribution in [2.75, 3.05) is 18.0 Å². The van der Waals surface area contributed by atoms with Gasteiger partial charge in [0.05, 0.1) is 5.56 Å². The number of carbonyl (C=O) groups is 1. The SMILES string of the molecule is CC1CC2(C1)CN(c1ncccc1COc1cccc(O)c1C=O)C2. The van der Waals surface area contributed by atoms with Gasteiger partial charge in [0.25, 0.3) is 0 Å². The van der Waals surface area contributed by atoms with Gasteiger partial charge >= 0.3 is 0 Å². The molecule has 1 aliphatic carbocycles. The normalized spacial score (nSPS) is 18.5. The molecule has 25 heavy (non-hydrogen) atoms. The summed E-state index contributed by atoms with van der Waals surface area (Å²) in [5.41, 5.74) is 1.68. The number of hydrogen-bond donors (Lipinski definition) is 1. The molecule has 0 bridgehead atoms. The lowest BCUT2D eigenvalue weighted by atomic mass is 9.58. The number of ether oxygens (including phenoxy) is 1. The zero-order valence-corrected chi connectivity index (χ0v) is 14.3. The van der Waals surface area contributed by atoms with Crippen molar-refractivity contribution in [3.8, 4) is 11.5 Å². The summed E-state index contributed by atoms with van der Waals surface area (Å²) < 4.78 is 5.81. The highest BCUT2D eigenvalue weighted by atomic mass is 16.5. The van der Waals surface area contributed by atoms with Crippen LogP contribution in [0.5, 0.6) is 11.5 Å². The topological polar surface area (TPSA) is 62.7 Å². The Balaban J connectivity index is 1.47. The van der Waals surface area contributed by atoms with Crippen LogP contribution in [-0.4, -0.2) is 29.5 Å². The fourth-order valence-electron chi connectivity index (χ4n) is 4.35. The van der Waals surface area contributed by atoms with Crippen LogP contribution in [0, 0.1) is 11.3 Å². The first-order chi connectivity index (χ1) is 12.1. The van der Waals surface area contributed by atoms with Gasteiger partial charge in [0.2, 0.25) is 0 Å². The molecule has 1 aromatic heterocycles. The van der Waals surface area contributed by atoms with Crippen molar-refractivity contribution in [3.05, 3.63) is 47.7 Å². The van der Waals surface area contributed by atoms with Gasteiger partial charge in [-0.15, -0.1) is 0 Å². The lowest BCUT2D eigenvalue weighted by Gasteiger charge is -2.59. The average Bonchev–Trinajstić information content (AvgIpc) is 2.55. The molecule has 0 atom stereocenters. The molecule has 1 saturated carbocycles. The molecule has 0 radical (unpaired) electrons. The third-order valence-corrected chi connectivity index (χ3v) is 5.33. The van der Waals surface area contributed by atoms with Gasteiger partial charge in [-0.25, -0.2) is 4.98 Å². The second-order valence-electron chi connectivity index (χ2n) is 7.45. The van der Waals surface area contributed by atoms with E-state index >= 15 is 0 Å². The predicted octanol–water partition coefficient (Wildman–Crippen LogP) is 3.42. The second-order valence-corrected chi connectivity index (χ2v) is 7.45. The summed E-state index contributed by atoms with van der Waals surface area (Å²) in [6.07, 6.45) is 5.05. The van der Waals surface area contributed by atoms with E-state index in [9.17, 15) is 9.90 Å². The molecule has 1 saturated heterocycles. The third-order valence-electron chi connectivity index (χ3n) is 5.33. The summed E-state index contributed by atoms with van der Waals surface area (Å²) in [6, 6.07) is 8.73. The van der Waals surface area contributed by atoms with Crippen LogP contribution >= 0.6 is 0 Å². The number of hydrogen-bond acceptors (Lipinski definition) is 5. The Hall–Kier alpha value is -2.56. The molecule has 2 fully saturated rings. The third kappa shape index (κ3) is 2.84. The van der Waals surface area contributed by atoms with Gasteiger partial charge in [0.15, 0.2) is 6.29 Å². The fourth-order valence-corrected chi connectivity index (χ4v) is 4.35. The minimum Gasteiger partial charge on any atom is -0.507 e. The summed E-state index contributed by atoms with van der Waals surface area (Å²) in [6.45, 7) is 4.75. The van der Waals surface area contributed by atoms with Crippen LogP contribution in [0.4, 0.5) is 5.82 Å². The number of aldehydes is 1. The quantitative estimate of drug-likeness (QED) is 0.847. The highest BCUT2D eigenvalue weighted by Crippen LogP contribution is 2.52. The van der Waals surface area contributed by atoms with Crippen molar-refractivity contribution in [3.63, 3.8) is 0 Å². The van der Waals surface area contributed by atoms with Crippen LogP contribution in [-0.2, 0) is 6.61 Å². The van der Waals surface area contributed by atoms with Gasteiger partial charge in [-0.05, 0) is 37.0 Å². The Morgan fingerprint density at radius 3 is 2.84 bits per heavy atom. The Bertz CT molecular complexity index is 791. The van der Waals surface area contributed by atoms with Crippen LogP contribution in [0.25, 0.3) is 0 Å². The molecule has 2 aromatic rings. The van der Waals surface area contributed by atoms with E-state index in [-0.39, 0.29) is 11.3 Å². The average molecular weight is 338 g/mol. The molecule has 1 aromatic carbocycles. The number of anilines is 1. The summed E-state index contributed by atoms with van der Waals surface area (Å²) in [4.78, 5) is 18.0. The number of aromatic nitrogens is 1. The van der Waals surface area contributed by atoms with E-state index in [1.54, 1.807) is 18.3 Å². The Morgan fingerprint density at radius 1 is 1.32 bits per heavy atom. The van der Waals surface area contributed by atoms with Crippen LogP contribution in [0.3, 0.4) is 0 Å². The van der Waals surface area contributed by atoms with Gasteiger partial charge in [-0.3, -0.25) is 4.79 Å². The first-order valence-corrected chi connectivity index (χ1v) is 8.69. The summed E-state index contributed by atoms with van der Waals surface area (Å²) in [5.74, 6) is 2.13. The maximum absolute atomic E-state index is 11.2. The zero-order valence-electron chi connectivity index (χ0n) is 14.3. The van der Waals surface area contributed by atoms with Gasteiger partial charge < -0.3 is 14.7 Å². The second kappa shape index (κ2) is 6.06. The molecule has 2 heterocycles. The molecular formula is C20H22N2O3. The molecule has 1 N–H and O–H groups in total. The van der Waals surface area contributed by atoms with E-state index in [0.29, 0.717) is 24.1 Å². The summed E-state index contributed by atoms with van der Waals surface area (Å²) in [5, 5.41) is 9.76. The van der Waals surface area contributed by atoms with Gasteiger partial charge in [0, 0.05) is 30.3 Å². The van der Waals surface area contributed by atoms with E-state index in [1.165, 1.54) is 18.9 Å². The number of aromatic hydroxyl groups is 1. The van der Waals surface area contributed by atoms with Crippen molar-refractivity contribution >= 4 is 12.1 Å². The number of carbonyl (C=O) groups excluding carboxylic acids is 1. The van der Waals surface area contributed by atoms with Crippen molar-refractivity contribution in [2.24, 2.45) is 11.3 Å². The van der Waals surface area contributed by atoms with E-state index in [0.717, 1.165) is 30.4 Å². The highest BCUT2D eigenvalue weighted by molar-refractivity contribution is 5.83. The van der Waals surface area contributed by atoms with E-state index in [2.05, 4.69) is 16.8 Å². The zero-order chi connectivity index (χ0) is 17.4. The molecule has 130 valence electrons. The maximum Gasteiger partial charge on any atom is 0.157 e. The molecular weight excluding hydrogens is 316 g/mol. The molecule has 5 nitrogen and oxygen atoms in total. The first kappa shape index (κ1) is 15.9. The van der Waals surface area contributed by atoms with Gasteiger partial charge in [0.1, 0.15) is 23.9 Å². The summed E-state index contributed by atoms with van der Waals surface area (Å²) >= 11 is 0. The minimum absolute atomic E-state index is 0.0669. The monoisotopic (exact) mass is 338 g/mol. The van der Waals surface area contributed by atoms with Crippen molar-refractivity contribution in [1.29, 1.82) is 0 Å². The van der Waals surface area contributed by atoms with Gasteiger partial charge in [-0.2, -0.15) is 0 Å². The maximum atomic E-state index is 11.2. The molecule has 2 aliphatic rings. The minimum atomic E-state index is -0.0669. The molecule has 0 unspecified atom stereocenters. The Morgan fingerprint density at radius 2 is 2.12 bits per heavy atom. The van der Waals surface area contributed by atoms with E-state index < -0.39 is 0 Å². The van der Waals surface area contributed by atoms with Crippen LogP contribution < -0.4 is 9.64 Å². The molecule has 1 aliphatic heterocycles. The lowest BCUT2D eigenvalue weighted by molar-refractivity contribution is 0.0329. The van der Waals surface area contributed by atoms with E-state index in [4.69, 9.17) is 4.74 Å². The molecule has 5 heteroatoms. The molecule has 1 spiro atoms. The lowest BCUT2D eigenvalue weighted by Crippen LogP contribution is -2.62. The Labute approximate surface area is 147 Å².